The van der Waals surface area contributed by atoms with Crippen molar-refractivity contribution in [3.05, 3.63) is 29.3 Å². The average molecular weight is 335 g/mol. The lowest BCUT2D eigenvalue weighted by atomic mass is 10.2. The Labute approximate surface area is 136 Å². The van der Waals surface area contributed by atoms with Crippen LogP contribution in [-0.4, -0.2) is 29.0 Å². The second-order valence-corrected chi connectivity index (χ2v) is 6.03. The Morgan fingerprint density at radius 2 is 2.09 bits per heavy atom. The predicted molar refractivity (Wildman–Crippen MR) is 85.8 cm³/mol. The molecule has 8 heteroatoms. The van der Waals surface area contributed by atoms with Crippen molar-refractivity contribution in [3.63, 3.8) is 0 Å². The maximum atomic E-state index is 11.7. The zero-order valence-electron chi connectivity index (χ0n) is 12.6. The molecule has 2 aromatic rings. The molecule has 0 aliphatic heterocycles. The molecular formula is C15H17N3O4S. The second-order valence-electron chi connectivity index (χ2n) is 4.91. The van der Waals surface area contributed by atoms with E-state index in [1.54, 1.807) is 11.3 Å². The minimum Gasteiger partial charge on any atom is -0.453 e. The van der Waals surface area contributed by atoms with E-state index in [0.717, 1.165) is 15.2 Å². The molecule has 0 saturated carbocycles. The van der Waals surface area contributed by atoms with Gasteiger partial charge in [-0.15, -0.1) is 11.3 Å². The maximum absolute atomic E-state index is 11.7. The van der Waals surface area contributed by atoms with Gasteiger partial charge >= 0.3 is 12.0 Å². The van der Waals surface area contributed by atoms with Crippen molar-refractivity contribution >= 4 is 39.5 Å². The van der Waals surface area contributed by atoms with Crippen molar-refractivity contribution < 1.29 is 19.1 Å². The second kappa shape index (κ2) is 7.68. The Morgan fingerprint density at radius 1 is 1.35 bits per heavy atom. The van der Waals surface area contributed by atoms with Gasteiger partial charge in [0.15, 0.2) is 6.10 Å². The van der Waals surface area contributed by atoms with Crippen LogP contribution in [0.1, 0.15) is 24.8 Å². The largest absolute Gasteiger partial charge is 0.453 e. The molecule has 3 N–H and O–H groups in total. The van der Waals surface area contributed by atoms with Gasteiger partial charge in [0.25, 0.3) is 5.91 Å². The summed E-state index contributed by atoms with van der Waals surface area (Å²) in [5.74, 6) is -1.24. The number of carbonyl (C=O) groups is 3. The van der Waals surface area contributed by atoms with Crippen molar-refractivity contribution in [2.24, 2.45) is 5.73 Å². The number of aryl methyl sites for hydroxylation is 1. The van der Waals surface area contributed by atoms with Crippen LogP contribution in [-0.2, 0) is 20.7 Å². The highest BCUT2D eigenvalue weighted by atomic mass is 32.1. The number of primary amides is 1. The molecule has 122 valence electrons. The first-order valence-electron chi connectivity index (χ1n) is 7.10. The van der Waals surface area contributed by atoms with Crippen molar-refractivity contribution in [1.29, 1.82) is 0 Å². The van der Waals surface area contributed by atoms with Crippen LogP contribution in [0.4, 0.5) is 4.79 Å². The number of benzene rings is 1. The third-order valence-electron chi connectivity index (χ3n) is 3.03. The van der Waals surface area contributed by atoms with Gasteiger partial charge in [-0.2, -0.15) is 0 Å². The zero-order valence-corrected chi connectivity index (χ0v) is 13.4. The summed E-state index contributed by atoms with van der Waals surface area (Å²) in [6.07, 6.45) is 0.348. The molecule has 1 aromatic heterocycles. The monoisotopic (exact) mass is 335 g/mol. The van der Waals surface area contributed by atoms with E-state index in [1.807, 2.05) is 29.6 Å². The Hall–Kier alpha value is -2.48. The Balaban J connectivity index is 1.76. The van der Waals surface area contributed by atoms with E-state index < -0.39 is 24.0 Å². The number of hydrogen-bond donors (Lipinski definition) is 2. The number of imide groups is 1. The van der Waals surface area contributed by atoms with Crippen LogP contribution in [0.5, 0.6) is 0 Å². The fraction of sp³-hybridized carbons (Fsp3) is 0.333. The van der Waals surface area contributed by atoms with Crippen LogP contribution in [0.25, 0.3) is 10.2 Å². The molecule has 1 atom stereocenters. The topological polar surface area (TPSA) is 111 Å². The summed E-state index contributed by atoms with van der Waals surface area (Å²) >= 11 is 1.60. The van der Waals surface area contributed by atoms with Crippen molar-refractivity contribution in [2.45, 2.75) is 32.3 Å². The van der Waals surface area contributed by atoms with Gasteiger partial charge in [0.2, 0.25) is 0 Å². The van der Waals surface area contributed by atoms with Gasteiger partial charge in [-0.05, 0) is 31.9 Å². The number of ether oxygens (including phenoxy) is 1. The molecule has 1 heterocycles. The van der Waals surface area contributed by atoms with E-state index in [-0.39, 0.29) is 6.42 Å². The number of hydrogen-bond acceptors (Lipinski definition) is 6. The van der Waals surface area contributed by atoms with Crippen LogP contribution in [0.3, 0.4) is 0 Å². The Bertz CT molecular complexity index is 695. The van der Waals surface area contributed by atoms with E-state index in [9.17, 15) is 14.4 Å². The maximum Gasteiger partial charge on any atom is 0.318 e. The highest BCUT2D eigenvalue weighted by molar-refractivity contribution is 7.18. The molecule has 1 aromatic carbocycles. The smallest absolute Gasteiger partial charge is 0.318 e. The van der Waals surface area contributed by atoms with Gasteiger partial charge in [-0.25, -0.2) is 9.78 Å². The molecule has 0 unspecified atom stereocenters. The van der Waals surface area contributed by atoms with E-state index >= 15 is 0 Å². The number of nitrogens with zero attached hydrogens (tertiary/aromatic N) is 1. The lowest BCUT2D eigenvalue weighted by molar-refractivity contribution is -0.154. The summed E-state index contributed by atoms with van der Waals surface area (Å²) in [5, 5.41) is 2.82. The quantitative estimate of drug-likeness (QED) is 0.781. The summed E-state index contributed by atoms with van der Waals surface area (Å²) in [6.45, 7) is 1.38. The number of fused-ring (bicyclic) bond motifs is 1. The number of nitrogens with one attached hydrogen (secondary N) is 1. The first-order chi connectivity index (χ1) is 11.0. The van der Waals surface area contributed by atoms with Crippen molar-refractivity contribution in [3.8, 4) is 0 Å². The molecule has 0 spiro atoms. The van der Waals surface area contributed by atoms with Crippen LogP contribution in [0.2, 0.25) is 0 Å². The number of carbonyl (C=O) groups excluding carboxylic acids is 3. The average Bonchev–Trinajstić information content (AvgIpc) is 2.89. The minimum atomic E-state index is -1.06. The van der Waals surface area contributed by atoms with Crippen molar-refractivity contribution in [1.82, 2.24) is 10.3 Å². The molecule has 0 aliphatic rings. The standard InChI is InChI=1S/C15H17N3O4S/c1-9(14(20)18-15(16)21)22-13(19)8-4-7-12-17-10-5-2-3-6-11(10)23-12/h2-3,5-6,9H,4,7-8H2,1H3,(H3,16,18,20,21)/t9-/m0/s1. The summed E-state index contributed by atoms with van der Waals surface area (Å²) < 4.78 is 6.05. The van der Waals surface area contributed by atoms with Crippen LogP contribution < -0.4 is 11.1 Å². The molecule has 0 saturated heterocycles. The summed E-state index contributed by atoms with van der Waals surface area (Å²) in [4.78, 5) is 38.1. The van der Waals surface area contributed by atoms with Crippen LogP contribution in [0.15, 0.2) is 24.3 Å². The van der Waals surface area contributed by atoms with Crippen LogP contribution in [0, 0.1) is 0 Å². The third kappa shape index (κ3) is 5.03. The molecule has 0 fully saturated rings. The van der Waals surface area contributed by atoms with Gasteiger partial charge in [0, 0.05) is 6.42 Å². The summed E-state index contributed by atoms with van der Waals surface area (Å²) in [7, 11) is 0. The summed E-state index contributed by atoms with van der Waals surface area (Å²) in [6, 6.07) is 6.86. The normalized spacial score (nSPS) is 11.9. The zero-order chi connectivity index (χ0) is 16.8. The van der Waals surface area contributed by atoms with Gasteiger partial charge in [-0.1, -0.05) is 12.1 Å². The molecule has 7 nitrogen and oxygen atoms in total. The van der Waals surface area contributed by atoms with E-state index in [1.165, 1.54) is 6.92 Å². The number of aromatic nitrogens is 1. The number of rotatable bonds is 6. The third-order valence-corrected chi connectivity index (χ3v) is 4.13. The van der Waals surface area contributed by atoms with Crippen molar-refractivity contribution in [2.75, 3.05) is 0 Å². The number of urea groups is 1. The summed E-state index contributed by atoms with van der Waals surface area (Å²) in [5.41, 5.74) is 5.77. The Kier molecular flexibility index (Phi) is 5.64. The molecule has 3 amide bonds. The lowest BCUT2D eigenvalue weighted by Crippen LogP contribution is -2.42. The fourth-order valence-electron chi connectivity index (χ4n) is 1.94. The number of esters is 1. The van der Waals surface area contributed by atoms with Gasteiger partial charge in [-0.3, -0.25) is 14.9 Å². The first kappa shape index (κ1) is 16.9. The van der Waals surface area contributed by atoms with Gasteiger partial charge in [0.1, 0.15) is 0 Å². The number of amides is 3. The number of thiazole rings is 1. The van der Waals surface area contributed by atoms with E-state index in [0.29, 0.717) is 12.8 Å². The van der Waals surface area contributed by atoms with Gasteiger partial charge < -0.3 is 10.5 Å². The highest BCUT2D eigenvalue weighted by Gasteiger charge is 2.18. The minimum absolute atomic E-state index is 0.171. The van der Waals surface area contributed by atoms with E-state index in [4.69, 9.17) is 10.5 Å². The molecule has 0 aliphatic carbocycles. The van der Waals surface area contributed by atoms with Crippen LogP contribution >= 0.6 is 11.3 Å². The van der Waals surface area contributed by atoms with E-state index in [2.05, 4.69) is 4.98 Å². The SMILES string of the molecule is C[C@H](OC(=O)CCCc1nc2ccccc2s1)C(=O)NC(N)=O. The molecule has 0 bridgehead atoms. The lowest BCUT2D eigenvalue weighted by Gasteiger charge is -2.11. The number of para-hydroxylation sites is 1. The molecule has 23 heavy (non-hydrogen) atoms. The Morgan fingerprint density at radius 3 is 2.78 bits per heavy atom. The molecule has 2 rings (SSSR count). The van der Waals surface area contributed by atoms with Gasteiger partial charge in [0.05, 0.1) is 15.2 Å². The predicted octanol–water partition coefficient (Wildman–Crippen LogP) is 1.75. The first-order valence-corrected chi connectivity index (χ1v) is 7.91. The molecule has 0 radical (unpaired) electrons. The fourth-order valence-corrected chi connectivity index (χ4v) is 2.95. The number of nitrogens with two attached hydrogens (primary N) is 1. The highest BCUT2D eigenvalue weighted by Crippen LogP contribution is 2.22. The molecular weight excluding hydrogens is 318 g/mol.